The number of hydrogen-bond donors (Lipinski definition) is 2. The van der Waals surface area contributed by atoms with Crippen molar-refractivity contribution >= 4 is 11.9 Å². The maximum absolute atomic E-state index is 11.9. The third kappa shape index (κ3) is 3.94. The van der Waals surface area contributed by atoms with Gasteiger partial charge in [0, 0.05) is 0 Å². The number of carboxylic acid groups (broad SMARTS) is 1. The van der Waals surface area contributed by atoms with Crippen molar-refractivity contribution in [1.82, 2.24) is 20.3 Å². The summed E-state index contributed by atoms with van der Waals surface area (Å²) in [6, 6.07) is 3.49. The van der Waals surface area contributed by atoms with Gasteiger partial charge in [-0.2, -0.15) is 0 Å². The Morgan fingerprint density at radius 2 is 2.27 bits per heavy atom. The first-order valence-electron chi connectivity index (χ1n) is 7.06. The van der Waals surface area contributed by atoms with Crippen LogP contribution in [-0.2, 0) is 24.3 Å². The Balaban J connectivity index is 2.01. The van der Waals surface area contributed by atoms with Crippen molar-refractivity contribution in [3.8, 4) is 0 Å². The van der Waals surface area contributed by atoms with E-state index in [-0.39, 0.29) is 24.7 Å². The number of unbranched alkanes of at least 4 members (excludes halogenated alkanes) is 1. The molecule has 2 aromatic heterocycles. The van der Waals surface area contributed by atoms with Crippen LogP contribution in [0.25, 0.3) is 0 Å². The monoisotopic (exact) mass is 306 g/mol. The molecular formula is C14H18N4O4. The first-order valence-corrected chi connectivity index (χ1v) is 7.06. The minimum absolute atomic E-state index is 0.0694. The first kappa shape index (κ1) is 15.7. The molecule has 0 fully saturated rings. The summed E-state index contributed by atoms with van der Waals surface area (Å²) in [5.41, 5.74) is 0.384. The quantitative estimate of drug-likeness (QED) is 0.759. The van der Waals surface area contributed by atoms with E-state index in [4.69, 9.17) is 9.52 Å². The number of carbonyl (C=O) groups is 2. The van der Waals surface area contributed by atoms with E-state index < -0.39 is 5.97 Å². The first-order chi connectivity index (χ1) is 10.6. The number of carboxylic acids is 1. The molecule has 2 N–H and O–H groups in total. The van der Waals surface area contributed by atoms with Crippen molar-refractivity contribution in [1.29, 1.82) is 0 Å². The number of aromatic carboxylic acids is 1. The van der Waals surface area contributed by atoms with Crippen molar-refractivity contribution in [2.24, 2.45) is 0 Å². The second-order valence-electron chi connectivity index (χ2n) is 4.81. The van der Waals surface area contributed by atoms with E-state index in [1.54, 1.807) is 12.1 Å². The van der Waals surface area contributed by atoms with E-state index in [0.717, 1.165) is 12.8 Å². The SMILES string of the molecule is CCCCc1c(C(=O)O)nnn1CC(=O)NCc1ccco1. The van der Waals surface area contributed by atoms with Gasteiger partial charge in [0.25, 0.3) is 0 Å². The number of furan rings is 1. The van der Waals surface area contributed by atoms with Gasteiger partial charge in [-0.25, -0.2) is 9.48 Å². The van der Waals surface area contributed by atoms with Crippen LogP contribution in [0.15, 0.2) is 22.8 Å². The van der Waals surface area contributed by atoms with Gasteiger partial charge in [-0.05, 0) is 25.0 Å². The predicted octanol–water partition coefficient (Wildman–Crippen LogP) is 1.23. The van der Waals surface area contributed by atoms with E-state index in [1.165, 1.54) is 10.9 Å². The highest BCUT2D eigenvalue weighted by Crippen LogP contribution is 2.10. The molecule has 0 aliphatic heterocycles. The molecule has 0 atom stereocenters. The van der Waals surface area contributed by atoms with Crippen LogP contribution < -0.4 is 5.32 Å². The van der Waals surface area contributed by atoms with Gasteiger partial charge in [0.1, 0.15) is 12.3 Å². The standard InChI is InChI=1S/C14H18N4O4/c1-2-3-6-11-13(14(20)21)16-17-18(11)9-12(19)15-8-10-5-4-7-22-10/h4-5,7H,2-3,6,8-9H2,1H3,(H,15,19)(H,20,21). The Bertz CT molecular complexity index is 633. The lowest BCUT2D eigenvalue weighted by Gasteiger charge is -2.07. The minimum atomic E-state index is -1.13. The second kappa shape index (κ2) is 7.39. The van der Waals surface area contributed by atoms with Gasteiger partial charge in [0.2, 0.25) is 5.91 Å². The third-order valence-electron chi connectivity index (χ3n) is 3.14. The van der Waals surface area contributed by atoms with Crippen molar-refractivity contribution in [2.45, 2.75) is 39.3 Å². The van der Waals surface area contributed by atoms with E-state index >= 15 is 0 Å². The van der Waals surface area contributed by atoms with Crippen LogP contribution in [0.5, 0.6) is 0 Å². The van der Waals surface area contributed by atoms with Crippen molar-refractivity contribution in [3.63, 3.8) is 0 Å². The van der Waals surface area contributed by atoms with Crippen LogP contribution in [0, 0.1) is 0 Å². The van der Waals surface area contributed by atoms with Gasteiger partial charge in [-0.3, -0.25) is 4.79 Å². The van der Waals surface area contributed by atoms with Crippen LogP contribution >= 0.6 is 0 Å². The molecule has 2 rings (SSSR count). The lowest BCUT2D eigenvalue weighted by Crippen LogP contribution is -2.28. The number of hydrogen-bond acceptors (Lipinski definition) is 5. The van der Waals surface area contributed by atoms with Crippen LogP contribution in [0.2, 0.25) is 0 Å². The highest BCUT2D eigenvalue weighted by molar-refractivity contribution is 5.86. The molecule has 1 amide bonds. The fourth-order valence-electron chi connectivity index (χ4n) is 2.01. The summed E-state index contributed by atoms with van der Waals surface area (Å²) in [5.74, 6) is -0.770. The van der Waals surface area contributed by atoms with Gasteiger partial charge >= 0.3 is 5.97 Å². The van der Waals surface area contributed by atoms with Crippen LogP contribution in [0.3, 0.4) is 0 Å². The number of carbonyl (C=O) groups excluding carboxylic acids is 1. The third-order valence-corrected chi connectivity index (χ3v) is 3.14. The molecule has 118 valence electrons. The summed E-state index contributed by atoms with van der Waals surface area (Å²) in [4.78, 5) is 23.1. The number of nitrogens with zero attached hydrogens (tertiary/aromatic N) is 3. The van der Waals surface area contributed by atoms with E-state index in [9.17, 15) is 9.59 Å². The molecule has 0 bridgehead atoms. The fourth-order valence-corrected chi connectivity index (χ4v) is 2.01. The number of rotatable bonds is 8. The summed E-state index contributed by atoms with van der Waals surface area (Å²) < 4.78 is 6.46. The number of nitrogens with one attached hydrogen (secondary N) is 1. The summed E-state index contributed by atoms with van der Waals surface area (Å²) in [6.45, 7) is 2.21. The topological polar surface area (TPSA) is 110 Å². The molecule has 22 heavy (non-hydrogen) atoms. The van der Waals surface area contributed by atoms with E-state index in [2.05, 4.69) is 15.6 Å². The fraction of sp³-hybridized carbons (Fsp3) is 0.429. The molecule has 8 nitrogen and oxygen atoms in total. The van der Waals surface area contributed by atoms with E-state index in [1.807, 2.05) is 6.92 Å². The summed E-state index contributed by atoms with van der Waals surface area (Å²) in [5, 5.41) is 19.2. The Kier molecular flexibility index (Phi) is 5.29. The van der Waals surface area contributed by atoms with Gasteiger partial charge < -0.3 is 14.8 Å². The minimum Gasteiger partial charge on any atom is -0.476 e. The summed E-state index contributed by atoms with van der Waals surface area (Å²) in [6.07, 6.45) is 3.77. The Morgan fingerprint density at radius 1 is 1.45 bits per heavy atom. The average Bonchev–Trinajstić information content (AvgIpc) is 3.12. The predicted molar refractivity (Wildman–Crippen MR) is 76.1 cm³/mol. The number of aromatic nitrogens is 3. The Morgan fingerprint density at radius 3 is 2.91 bits per heavy atom. The van der Waals surface area contributed by atoms with E-state index in [0.29, 0.717) is 17.9 Å². The van der Waals surface area contributed by atoms with Crippen LogP contribution in [0.4, 0.5) is 0 Å². The van der Waals surface area contributed by atoms with Gasteiger partial charge in [0.15, 0.2) is 5.69 Å². The normalized spacial score (nSPS) is 10.6. The molecule has 2 heterocycles. The number of amides is 1. The van der Waals surface area contributed by atoms with Crippen molar-refractivity contribution in [3.05, 3.63) is 35.5 Å². The lowest BCUT2D eigenvalue weighted by molar-refractivity contribution is -0.122. The van der Waals surface area contributed by atoms with Crippen molar-refractivity contribution in [2.75, 3.05) is 0 Å². The molecule has 0 radical (unpaired) electrons. The molecule has 0 aromatic carbocycles. The van der Waals surface area contributed by atoms with Crippen molar-refractivity contribution < 1.29 is 19.1 Å². The lowest BCUT2D eigenvalue weighted by atomic mass is 10.1. The molecule has 0 unspecified atom stereocenters. The molecule has 8 heteroatoms. The zero-order chi connectivity index (χ0) is 15.9. The molecular weight excluding hydrogens is 288 g/mol. The zero-order valence-corrected chi connectivity index (χ0v) is 12.3. The maximum Gasteiger partial charge on any atom is 0.358 e. The molecule has 0 aliphatic rings. The van der Waals surface area contributed by atoms with Crippen LogP contribution in [-0.4, -0.2) is 32.0 Å². The summed E-state index contributed by atoms with van der Waals surface area (Å²) in [7, 11) is 0. The van der Waals surface area contributed by atoms with Gasteiger partial charge in [0.05, 0.1) is 18.5 Å². The average molecular weight is 306 g/mol. The maximum atomic E-state index is 11.9. The largest absolute Gasteiger partial charge is 0.476 e. The molecule has 0 spiro atoms. The van der Waals surface area contributed by atoms with Gasteiger partial charge in [-0.15, -0.1) is 5.10 Å². The summed E-state index contributed by atoms with van der Waals surface area (Å²) >= 11 is 0. The second-order valence-corrected chi connectivity index (χ2v) is 4.81. The highest BCUT2D eigenvalue weighted by Gasteiger charge is 2.19. The molecule has 0 saturated heterocycles. The van der Waals surface area contributed by atoms with Crippen LogP contribution in [0.1, 0.15) is 41.7 Å². The Hall–Kier alpha value is -2.64. The Labute approximate surface area is 127 Å². The zero-order valence-electron chi connectivity index (χ0n) is 12.3. The van der Waals surface area contributed by atoms with Gasteiger partial charge in [-0.1, -0.05) is 18.6 Å². The molecule has 0 aliphatic carbocycles. The molecule has 2 aromatic rings. The smallest absolute Gasteiger partial charge is 0.358 e. The highest BCUT2D eigenvalue weighted by atomic mass is 16.4. The molecule has 0 saturated carbocycles.